The molecule has 0 saturated heterocycles. The Morgan fingerprint density at radius 2 is 2.00 bits per heavy atom. The van der Waals surface area contributed by atoms with Crippen molar-refractivity contribution in [3.05, 3.63) is 0 Å². The molecule has 17 heavy (non-hydrogen) atoms. The lowest BCUT2D eigenvalue weighted by Gasteiger charge is -2.26. The van der Waals surface area contributed by atoms with E-state index in [0.717, 1.165) is 38.4 Å². The predicted molar refractivity (Wildman–Crippen MR) is 70.9 cm³/mol. The van der Waals surface area contributed by atoms with E-state index in [1.165, 1.54) is 32.1 Å². The van der Waals surface area contributed by atoms with Gasteiger partial charge in [0.15, 0.2) is 0 Å². The summed E-state index contributed by atoms with van der Waals surface area (Å²) >= 11 is 0. The van der Waals surface area contributed by atoms with Gasteiger partial charge in [-0.1, -0.05) is 26.2 Å². The van der Waals surface area contributed by atoms with Crippen molar-refractivity contribution in [2.45, 2.75) is 63.8 Å². The second-order valence-corrected chi connectivity index (χ2v) is 5.56. The molecule has 0 radical (unpaired) electrons. The number of ether oxygens (including phenoxy) is 1. The number of hydrogen-bond donors (Lipinski definition) is 2. The maximum Gasteiger partial charge on any atom is 0.0611 e. The Morgan fingerprint density at radius 3 is 2.59 bits per heavy atom. The van der Waals surface area contributed by atoms with Crippen LogP contribution in [0.1, 0.15) is 58.3 Å². The Morgan fingerprint density at radius 1 is 1.29 bits per heavy atom. The van der Waals surface area contributed by atoms with Gasteiger partial charge >= 0.3 is 0 Å². The van der Waals surface area contributed by atoms with Crippen molar-refractivity contribution in [3.63, 3.8) is 0 Å². The van der Waals surface area contributed by atoms with Crippen LogP contribution in [0.4, 0.5) is 0 Å². The second kappa shape index (κ2) is 8.06. The summed E-state index contributed by atoms with van der Waals surface area (Å²) in [6.45, 7) is 3.81. The van der Waals surface area contributed by atoms with Gasteiger partial charge in [0.1, 0.15) is 0 Å². The van der Waals surface area contributed by atoms with E-state index in [0.29, 0.717) is 0 Å². The average Bonchev–Trinajstić information content (AvgIpc) is 2.39. The van der Waals surface area contributed by atoms with Crippen LogP contribution in [0.15, 0.2) is 0 Å². The summed E-state index contributed by atoms with van der Waals surface area (Å²) in [5.41, 5.74) is 5.62. The molecule has 1 saturated carbocycles. The van der Waals surface area contributed by atoms with Crippen LogP contribution in [0.3, 0.4) is 0 Å². The normalized spacial score (nSPS) is 21.4. The summed E-state index contributed by atoms with van der Waals surface area (Å²) in [4.78, 5) is 0. The van der Waals surface area contributed by atoms with Gasteiger partial charge in [0.2, 0.25) is 0 Å². The molecule has 0 aromatic heterocycles. The Kier molecular flexibility index (Phi) is 7.09. The largest absolute Gasteiger partial charge is 0.394 e. The second-order valence-electron chi connectivity index (χ2n) is 5.56. The molecular weight excluding hydrogens is 214 g/mol. The molecule has 1 aliphatic rings. The third kappa shape index (κ3) is 5.84. The van der Waals surface area contributed by atoms with Gasteiger partial charge in [0.25, 0.3) is 0 Å². The minimum atomic E-state index is -0.395. The van der Waals surface area contributed by atoms with Crippen molar-refractivity contribution in [2.24, 2.45) is 11.7 Å². The quantitative estimate of drug-likeness (QED) is 0.644. The van der Waals surface area contributed by atoms with Gasteiger partial charge < -0.3 is 15.6 Å². The first kappa shape index (κ1) is 14.9. The van der Waals surface area contributed by atoms with Gasteiger partial charge in [-0.25, -0.2) is 0 Å². The zero-order valence-electron chi connectivity index (χ0n) is 11.3. The molecule has 0 heterocycles. The van der Waals surface area contributed by atoms with Crippen molar-refractivity contribution in [3.8, 4) is 0 Å². The highest BCUT2D eigenvalue weighted by Crippen LogP contribution is 2.23. The SMILES string of the molecule is CCC(N)(CO)CCCOCC1CCCCC1. The van der Waals surface area contributed by atoms with E-state index in [-0.39, 0.29) is 6.61 Å². The molecule has 1 fully saturated rings. The molecule has 1 aliphatic carbocycles. The maximum atomic E-state index is 9.18. The number of rotatable bonds is 8. The molecule has 0 spiro atoms. The van der Waals surface area contributed by atoms with Crippen LogP contribution >= 0.6 is 0 Å². The van der Waals surface area contributed by atoms with Crippen LogP contribution < -0.4 is 5.73 Å². The lowest BCUT2D eigenvalue weighted by Crippen LogP contribution is -2.43. The minimum absolute atomic E-state index is 0.0755. The summed E-state index contributed by atoms with van der Waals surface area (Å²) in [6, 6.07) is 0. The zero-order chi connectivity index (χ0) is 12.6. The molecule has 1 rings (SSSR count). The zero-order valence-corrected chi connectivity index (χ0v) is 11.3. The van der Waals surface area contributed by atoms with Crippen LogP contribution in [-0.4, -0.2) is 30.5 Å². The summed E-state index contributed by atoms with van der Waals surface area (Å²) in [5.74, 6) is 0.787. The highest BCUT2D eigenvalue weighted by atomic mass is 16.5. The number of nitrogens with two attached hydrogens (primary N) is 1. The number of aliphatic hydroxyl groups is 1. The fraction of sp³-hybridized carbons (Fsp3) is 1.00. The number of hydrogen-bond acceptors (Lipinski definition) is 3. The molecule has 0 aromatic carbocycles. The third-order valence-corrected chi connectivity index (χ3v) is 4.06. The molecular formula is C14H29NO2. The first-order valence-electron chi connectivity index (χ1n) is 7.17. The first-order valence-corrected chi connectivity index (χ1v) is 7.17. The van der Waals surface area contributed by atoms with Crippen molar-refractivity contribution in [1.82, 2.24) is 0 Å². The minimum Gasteiger partial charge on any atom is -0.394 e. The summed E-state index contributed by atoms with van der Waals surface area (Å²) in [6.07, 6.45) is 9.47. The van der Waals surface area contributed by atoms with Crippen LogP contribution in [0.2, 0.25) is 0 Å². The third-order valence-electron chi connectivity index (χ3n) is 4.06. The van der Waals surface area contributed by atoms with Gasteiger partial charge in [0, 0.05) is 18.8 Å². The van der Waals surface area contributed by atoms with Gasteiger partial charge in [-0.3, -0.25) is 0 Å². The van der Waals surface area contributed by atoms with Crippen molar-refractivity contribution >= 4 is 0 Å². The molecule has 0 amide bonds. The van der Waals surface area contributed by atoms with Crippen LogP contribution in [0, 0.1) is 5.92 Å². The van der Waals surface area contributed by atoms with Crippen LogP contribution in [0.5, 0.6) is 0 Å². The van der Waals surface area contributed by atoms with Gasteiger partial charge in [-0.05, 0) is 38.0 Å². The fourth-order valence-electron chi connectivity index (χ4n) is 2.50. The van der Waals surface area contributed by atoms with E-state index in [1.54, 1.807) is 0 Å². The van der Waals surface area contributed by atoms with Crippen LogP contribution in [-0.2, 0) is 4.74 Å². The van der Waals surface area contributed by atoms with Gasteiger partial charge in [-0.2, -0.15) is 0 Å². The lowest BCUT2D eigenvalue weighted by molar-refractivity contribution is 0.0755. The van der Waals surface area contributed by atoms with E-state index in [2.05, 4.69) is 0 Å². The monoisotopic (exact) mass is 243 g/mol. The molecule has 3 nitrogen and oxygen atoms in total. The van der Waals surface area contributed by atoms with E-state index in [1.807, 2.05) is 6.92 Å². The van der Waals surface area contributed by atoms with Gasteiger partial charge in [0.05, 0.1) is 6.61 Å². The molecule has 0 aliphatic heterocycles. The van der Waals surface area contributed by atoms with Crippen molar-refractivity contribution in [1.29, 1.82) is 0 Å². The van der Waals surface area contributed by atoms with E-state index < -0.39 is 5.54 Å². The standard InChI is InChI=1S/C14H29NO2/c1-2-14(15,12-16)9-6-10-17-11-13-7-4-3-5-8-13/h13,16H,2-12,15H2,1H3. The summed E-state index contributed by atoms with van der Waals surface area (Å²) in [5, 5.41) is 9.18. The smallest absolute Gasteiger partial charge is 0.0611 e. The van der Waals surface area contributed by atoms with Crippen molar-refractivity contribution < 1.29 is 9.84 Å². The Hall–Kier alpha value is -0.120. The average molecular weight is 243 g/mol. The topological polar surface area (TPSA) is 55.5 Å². The summed E-state index contributed by atoms with van der Waals surface area (Å²) < 4.78 is 5.72. The van der Waals surface area contributed by atoms with E-state index in [9.17, 15) is 5.11 Å². The summed E-state index contributed by atoms with van der Waals surface area (Å²) in [7, 11) is 0. The maximum absolute atomic E-state index is 9.18. The Balaban J connectivity index is 2.00. The Labute approximate surface area is 106 Å². The van der Waals surface area contributed by atoms with Gasteiger partial charge in [-0.15, -0.1) is 0 Å². The lowest BCUT2D eigenvalue weighted by atomic mass is 9.90. The molecule has 1 unspecified atom stereocenters. The first-order chi connectivity index (χ1) is 8.20. The molecule has 102 valence electrons. The molecule has 3 heteroatoms. The van der Waals surface area contributed by atoms with E-state index in [4.69, 9.17) is 10.5 Å². The Bertz CT molecular complexity index is 187. The predicted octanol–water partition coefficient (Wildman–Crippen LogP) is 2.46. The number of aliphatic hydroxyl groups excluding tert-OH is 1. The fourth-order valence-corrected chi connectivity index (χ4v) is 2.50. The van der Waals surface area contributed by atoms with E-state index >= 15 is 0 Å². The molecule has 1 atom stereocenters. The van der Waals surface area contributed by atoms with Crippen molar-refractivity contribution in [2.75, 3.05) is 19.8 Å². The molecule has 3 N–H and O–H groups in total. The molecule has 0 aromatic rings. The highest BCUT2D eigenvalue weighted by molar-refractivity contribution is 4.81. The highest BCUT2D eigenvalue weighted by Gasteiger charge is 2.20. The molecule has 0 bridgehead atoms. The van der Waals surface area contributed by atoms with Crippen LogP contribution in [0.25, 0.3) is 0 Å².